The molecule has 15 heavy (non-hydrogen) atoms. The van der Waals surface area contributed by atoms with Crippen LogP contribution in [0.15, 0.2) is 41.6 Å². The van der Waals surface area contributed by atoms with Crippen molar-refractivity contribution in [2.45, 2.75) is 6.92 Å². The first kappa shape index (κ1) is 9.54. The zero-order chi connectivity index (χ0) is 10.8. The molecule has 0 radical (unpaired) electrons. The highest BCUT2D eigenvalue weighted by Crippen LogP contribution is 2.32. The Morgan fingerprint density at radius 1 is 1.33 bits per heavy atom. The summed E-state index contributed by atoms with van der Waals surface area (Å²) >= 11 is 0. The van der Waals surface area contributed by atoms with Gasteiger partial charge in [0, 0.05) is 18.8 Å². The van der Waals surface area contributed by atoms with Crippen LogP contribution in [0.2, 0.25) is 0 Å². The van der Waals surface area contributed by atoms with E-state index < -0.39 is 0 Å². The largest absolute Gasteiger partial charge is 0.343 e. The first-order chi connectivity index (χ1) is 7.24. The molecule has 1 aliphatic heterocycles. The molecule has 2 heteroatoms. The fourth-order valence-corrected chi connectivity index (χ4v) is 1.89. The quantitative estimate of drug-likeness (QED) is 0.596. The minimum Gasteiger partial charge on any atom is -0.343 e. The summed E-state index contributed by atoms with van der Waals surface area (Å²) < 4.78 is 0. The second-order valence-corrected chi connectivity index (χ2v) is 3.60. The maximum atomic E-state index is 8.72. The number of para-hydroxylation sites is 1. The van der Waals surface area contributed by atoms with Crippen molar-refractivity contribution >= 4 is 11.8 Å². The van der Waals surface area contributed by atoms with Gasteiger partial charge in [0.25, 0.3) is 0 Å². The van der Waals surface area contributed by atoms with Crippen molar-refractivity contribution in [2.75, 3.05) is 11.9 Å². The van der Waals surface area contributed by atoms with Crippen molar-refractivity contribution in [2.24, 2.45) is 0 Å². The molecule has 74 valence electrons. The van der Waals surface area contributed by atoms with E-state index in [9.17, 15) is 0 Å². The van der Waals surface area contributed by atoms with Gasteiger partial charge < -0.3 is 4.90 Å². The maximum Gasteiger partial charge on any atom is 0.0934 e. The number of allylic oxidation sites excluding steroid dienone is 2. The van der Waals surface area contributed by atoms with Crippen LogP contribution in [0.4, 0.5) is 5.69 Å². The molecule has 0 bridgehead atoms. The molecule has 2 rings (SSSR count). The zero-order valence-corrected chi connectivity index (χ0v) is 8.86. The monoisotopic (exact) mass is 196 g/mol. The van der Waals surface area contributed by atoms with Crippen LogP contribution in [-0.2, 0) is 0 Å². The SMILES string of the molecule is CC1=Cc2ccccc2N(C)/C1=C/C#N. The van der Waals surface area contributed by atoms with Crippen molar-refractivity contribution in [1.82, 2.24) is 0 Å². The first-order valence-corrected chi connectivity index (χ1v) is 4.85. The molecule has 0 saturated heterocycles. The van der Waals surface area contributed by atoms with Gasteiger partial charge in [-0.1, -0.05) is 18.2 Å². The summed E-state index contributed by atoms with van der Waals surface area (Å²) in [5.41, 5.74) is 4.44. The van der Waals surface area contributed by atoms with Gasteiger partial charge in [-0.3, -0.25) is 0 Å². The lowest BCUT2D eigenvalue weighted by atomic mass is 10.0. The molecule has 1 heterocycles. The van der Waals surface area contributed by atoms with Gasteiger partial charge in [0.2, 0.25) is 0 Å². The summed E-state index contributed by atoms with van der Waals surface area (Å²) in [5.74, 6) is 0. The Morgan fingerprint density at radius 2 is 2.07 bits per heavy atom. The molecule has 1 aromatic rings. The number of nitriles is 1. The van der Waals surface area contributed by atoms with E-state index in [1.165, 1.54) is 5.56 Å². The number of anilines is 1. The molecule has 1 aromatic carbocycles. The Labute approximate surface area is 89.8 Å². The van der Waals surface area contributed by atoms with Gasteiger partial charge in [-0.15, -0.1) is 0 Å². The molecule has 0 amide bonds. The van der Waals surface area contributed by atoms with Crippen molar-refractivity contribution in [1.29, 1.82) is 5.26 Å². The molecule has 0 saturated carbocycles. The Hall–Kier alpha value is -2.01. The van der Waals surface area contributed by atoms with E-state index in [2.05, 4.69) is 24.3 Å². The van der Waals surface area contributed by atoms with Crippen molar-refractivity contribution in [3.8, 4) is 6.07 Å². The van der Waals surface area contributed by atoms with Crippen molar-refractivity contribution in [3.05, 3.63) is 47.2 Å². The highest BCUT2D eigenvalue weighted by Gasteiger charge is 2.16. The van der Waals surface area contributed by atoms with Gasteiger partial charge in [0.15, 0.2) is 0 Å². The van der Waals surface area contributed by atoms with Crippen LogP contribution in [0, 0.1) is 11.3 Å². The zero-order valence-electron chi connectivity index (χ0n) is 8.86. The van der Waals surface area contributed by atoms with Gasteiger partial charge in [0.1, 0.15) is 0 Å². The van der Waals surface area contributed by atoms with E-state index in [1.54, 1.807) is 6.08 Å². The van der Waals surface area contributed by atoms with Gasteiger partial charge >= 0.3 is 0 Å². The van der Waals surface area contributed by atoms with Crippen molar-refractivity contribution < 1.29 is 0 Å². The average molecular weight is 196 g/mol. The van der Waals surface area contributed by atoms with Crippen LogP contribution >= 0.6 is 0 Å². The molecule has 2 nitrogen and oxygen atoms in total. The van der Waals surface area contributed by atoms with Gasteiger partial charge in [-0.2, -0.15) is 5.26 Å². The molecular weight excluding hydrogens is 184 g/mol. The number of rotatable bonds is 0. The van der Waals surface area contributed by atoms with Gasteiger partial charge in [-0.05, 0) is 30.2 Å². The van der Waals surface area contributed by atoms with E-state index in [0.717, 1.165) is 17.0 Å². The smallest absolute Gasteiger partial charge is 0.0934 e. The van der Waals surface area contributed by atoms with Gasteiger partial charge in [0.05, 0.1) is 11.8 Å². The number of likely N-dealkylation sites (N-methyl/N-ethyl adjacent to an activating group) is 1. The van der Waals surface area contributed by atoms with Crippen LogP contribution in [0.3, 0.4) is 0 Å². The minimum atomic E-state index is 0.969. The number of hydrogen-bond acceptors (Lipinski definition) is 2. The van der Waals surface area contributed by atoms with Gasteiger partial charge in [-0.25, -0.2) is 0 Å². The van der Waals surface area contributed by atoms with Crippen LogP contribution in [-0.4, -0.2) is 7.05 Å². The highest BCUT2D eigenvalue weighted by atomic mass is 15.1. The predicted molar refractivity (Wildman–Crippen MR) is 62.2 cm³/mol. The molecule has 0 spiro atoms. The van der Waals surface area contributed by atoms with Crippen LogP contribution in [0.1, 0.15) is 12.5 Å². The summed E-state index contributed by atoms with van der Waals surface area (Å²) in [5, 5.41) is 8.72. The molecule has 0 unspecified atom stereocenters. The third-order valence-corrected chi connectivity index (χ3v) is 2.64. The van der Waals surface area contributed by atoms with E-state index in [0.29, 0.717) is 0 Å². The lowest BCUT2D eigenvalue weighted by Gasteiger charge is -2.28. The van der Waals surface area contributed by atoms with E-state index in [-0.39, 0.29) is 0 Å². The van der Waals surface area contributed by atoms with E-state index >= 15 is 0 Å². The first-order valence-electron chi connectivity index (χ1n) is 4.85. The van der Waals surface area contributed by atoms with E-state index in [1.807, 2.05) is 31.0 Å². The Balaban J connectivity index is 2.60. The lowest BCUT2D eigenvalue weighted by molar-refractivity contribution is 1.08. The van der Waals surface area contributed by atoms with Crippen LogP contribution in [0.5, 0.6) is 0 Å². The summed E-state index contributed by atoms with van der Waals surface area (Å²) in [6.45, 7) is 2.02. The van der Waals surface area contributed by atoms with Crippen LogP contribution < -0.4 is 4.90 Å². The topological polar surface area (TPSA) is 27.0 Å². The van der Waals surface area contributed by atoms with Crippen LogP contribution in [0.25, 0.3) is 6.08 Å². The third-order valence-electron chi connectivity index (χ3n) is 2.64. The Morgan fingerprint density at radius 3 is 2.80 bits per heavy atom. The number of benzene rings is 1. The highest BCUT2D eigenvalue weighted by molar-refractivity contribution is 5.78. The second kappa shape index (κ2) is 3.62. The standard InChI is InChI=1S/C13H12N2/c1-10-9-11-5-3-4-6-13(11)15(2)12(10)7-8-14/h3-7,9H,1-2H3/b12-7+. The Kier molecular flexibility index (Phi) is 2.31. The molecule has 0 aromatic heterocycles. The summed E-state index contributed by atoms with van der Waals surface area (Å²) in [7, 11) is 1.98. The Bertz CT molecular complexity index is 490. The maximum absolute atomic E-state index is 8.72. The third kappa shape index (κ3) is 1.53. The molecule has 0 atom stereocenters. The average Bonchev–Trinajstić information content (AvgIpc) is 2.24. The molecule has 1 aliphatic rings. The number of nitrogens with zero attached hydrogens (tertiary/aromatic N) is 2. The molecule has 0 N–H and O–H groups in total. The minimum absolute atomic E-state index is 0.969. The van der Waals surface area contributed by atoms with E-state index in [4.69, 9.17) is 5.26 Å². The summed E-state index contributed by atoms with van der Waals surface area (Å²) in [4.78, 5) is 2.05. The lowest BCUT2D eigenvalue weighted by Crippen LogP contribution is -2.20. The summed E-state index contributed by atoms with van der Waals surface area (Å²) in [6, 6.07) is 10.3. The summed E-state index contributed by atoms with van der Waals surface area (Å²) in [6.07, 6.45) is 3.69. The number of fused-ring (bicyclic) bond motifs is 1. The fraction of sp³-hybridized carbons (Fsp3) is 0.154. The second-order valence-electron chi connectivity index (χ2n) is 3.60. The normalized spacial score (nSPS) is 17.0. The molecule has 0 aliphatic carbocycles. The molecular formula is C13H12N2. The fourth-order valence-electron chi connectivity index (χ4n) is 1.89. The predicted octanol–water partition coefficient (Wildman–Crippen LogP) is 2.95. The molecule has 0 fully saturated rings. The number of hydrogen-bond donors (Lipinski definition) is 0. The van der Waals surface area contributed by atoms with Crippen molar-refractivity contribution in [3.63, 3.8) is 0 Å².